The second-order valence-corrected chi connectivity index (χ2v) is 14.8. The van der Waals surface area contributed by atoms with Gasteiger partial charge in [-0.25, -0.2) is 0 Å². The van der Waals surface area contributed by atoms with Gasteiger partial charge < -0.3 is 0 Å². The molecule has 0 unspecified atom stereocenters. The van der Waals surface area contributed by atoms with Crippen LogP contribution in [0.5, 0.6) is 0 Å². The molecule has 0 atom stereocenters. The number of fused-ring (bicyclic) bond motifs is 5. The molecule has 53 heavy (non-hydrogen) atoms. The van der Waals surface area contributed by atoms with E-state index in [1.807, 2.05) is 0 Å². The molecule has 250 valence electrons. The van der Waals surface area contributed by atoms with Crippen molar-refractivity contribution >= 4 is 72.3 Å². The number of rotatable bonds is 5. The highest BCUT2D eigenvalue weighted by Gasteiger charge is 2.30. The fourth-order valence-electron chi connectivity index (χ4n) is 9.26. The van der Waals surface area contributed by atoms with Gasteiger partial charge in [0.15, 0.2) is 0 Å². The number of hydrogen-bond donors (Lipinski definition) is 0. The topological polar surface area (TPSA) is 0 Å². The molecule has 0 spiro atoms. The number of aryl methyl sites for hydroxylation is 3. The first kappa shape index (κ1) is 31.6. The van der Waals surface area contributed by atoms with Crippen LogP contribution in [0.25, 0.3) is 71.4 Å². The number of allylic oxidation sites excluding steroid dienone is 1. The Hall–Kier alpha value is -6.18. The van der Waals surface area contributed by atoms with Gasteiger partial charge in [0.05, 0.1) is 0 Å². The molecule has 0 N–H and O–H groups in total. The summed E-state index contributed by atoms with van der Waals surface area (Å²) in [6, 6.07) is 61.4. The van der Waals surface area contributed by atoms with Gasteiger partial charge in [-0.1, -0.05) is 197 Å². The molecule has 0 fully saturated rings. The summed E-state index contributed by atoms with van der Waals surface area (Å²) in [6.45, 7) is 4.67. The first-order valence-corrected chi connectivity index (χ1v) is 18.9. The minimum Gasteiger partial charge on any atom is -0.0836 e. The molecule has 0 amide bonds. The maximum absolute atomic E-state index is 2.50. The van der Waals surface area contributed by atoms with Gasteiger partial charge >= 0.3 is 0 Å². The zero-order chi connectivity index (χ0) is 35.5. The Labute approximate surface area is 312 Å². The van der Waals surface area contributed by atoms with Crippen LogP contribution in [0.4, 0.5) is 0 Å². The van der Waals surface area contributed by atoms with Crippen molar-refractivity contribution in [2.45, 2.75) is 26.7 Å². The van der Waals surface area contributed by atoms with Crippen LogP contribution in [0.1, 0.15) is 28.7 Å². The summed E-state index contributed by atoms with van der Waals surface area (Å²) in [6.07, 6.45) is 6.94. The van der Waals surface area contributed by atoms with Crippen molar-refractivity contribution in [3.63, 3.8) is 0 Å². The number of hydrogen-bond acceptors (Lipinski definition) is 0. The molecule has 0 aliphatic heterocycles. The molecule has 1 aliphatic carbocycles. The summed E-state index contributed by atoms with van der Waals surface area (Å²) in [7, 11) is 0. The monoisotopic (exact) mass is 674 g/mol. The zero-order valence-electron chi connectivity index (χ0n) is 30.2. The van der Waals surface area contributed by atoms with Crippen LogP contribution in [-0.4, -0.2) is 6.71 Å². The van der Waals surface area contributed by atoms with Gasteiger partial charge in [0.1, 0.15) is 0 Å². The molecule has 0 nitrogen and oxygen atoms in total. The largest absolute Gasteiger partial charge is 0.243 e. The van der Waals surface area contributed by atoms with Crippen molar-refractivity contribution in [3.05, 3.63) is 192 Å². The molecular weight excluding hydrogens is 635 g/mol. The lowest BCUT2D eigenvalue weighted by Crippen LogP contribution is -2.55. The van der Waals surface area contributed by atoms with Crippen LogP contribution in [0, 0.1) is 13.8 Å². The van der Waals surface area contributed by atoms with E-state index < -0.39 is 0 Å². The lowest BCUT2D eigenvalue weighted by atomic mass is 9.34. The van der Waals surface area contributed by atoms with Crippen LogP contribution in [-0.2, 0) is 6.42 Å². The standard InChI is InChI=1S/C52H39B/c1-34-26-28-37-15-5-7-20-43(37)51(34)53(52-35(2)27-29-38-16-6-8-21-44(38)52)42-19-13-18-40(33-42)49-45-22-9-11-24-47(45)50(48-25-12-10-23-46(48)49)41-31-30-36-14-3-4-17-39(36)32-41/h3-5,7-15,17-33H,6,16H2,1-2H3. The van der Waals surface area contributed by atoms with E-state index in [0.29, 0.717) is 0 Å². The molecule has 0 saturated heterocycles. The van der Waals surface area contributed by atoms with E-state index in [-0.39, 0.29) is 6.71 Å². The molecule has 0 heterocycles. The Morgan fingerprint density at radius 2 is 1.00 bits per heavy atom. The Morgan fingerprint density at radius 3 is 1.72 bits per heavy atom. The van der Waals surface area contributed by atoms with E-state index in [2.05, 4.69) is 190 Å². The second-order valence-electron chi connectivity index (χ2n) is 14.8. The number of benzene rings is 9. The Kier molecular flexibility index (Phi) is 7.62. The molecule has 1 aliphatic rings. The third kappa shape index (κ3) is 5.22. The summed E-state index contributed by atoms with van der Waals surface area (Å²) in [5.74, 6) is 0. The van der Waals surface area contributed by atoms with Crippen molar-refractivity contribution in [2.24, 2.45) is 0 Å². The maximum Gasteiger partial charge on any atom is 0.243 e. The van der Waals surface area contributed by atoms with E-state index >= 15 is 0 Å². The molecule has 9 aromatic carbocycles. The van der Waals surface area contributed by atoms with Gasteiger partial charge in [0.25, 0.3) is 0 Å². The van der Waals surface area contributed by atoms with Crippen molar-refractivity contribution in [2.75, 3.05) is 0 Å². The van der Waals surface area contributed by atoms with Gasteiger partial charge in [-0.2, -0.15) is 0 Å². The fourth-order valence-corrected chi connectivity index (χ4v) is 9.26. The van der Waals surface area contributed by atoms with Gasteiger partial charge in [0.2, 0.25) is 6.71 Å². The normalized spacial score (nSPS) is 12.5. The van der Waals surface area contributed by atoms with Crippen LogP contribution < -0.4 is 16.4 Å². The SMILES string of the molecule is Cc1ccc2c(c1B(c1cccc(-c3c4ccccc4c(-c4ccc5ccccc5c4)c4ccccc34)c1)c1c(C)ccc3ccccc13)C=CCC2. The minimum absolute atomic E-state index is 0.0631. The quantitative estimate of drug-likeness (QED) is 0.126. The maximum atomic E-state index is 2.50. The highest BCUT2D eigenvalue weighted by molar-refractivity contribution is 6.98. The van der Waals surface area contributed by atoms with Crippen molar-refractivity contribution in [1.29, 1.82) is 0 Å². The molecule has 0 radical (unpaired) electrons. The van der Waals surface area contributed by atoms with E-state index in [4.69, 9.17) is 0 Å². The Balaban J connectivity index is 1.26. The van der Waals surface area contributed by atoms with Gasteiger partial charge in [-0.3, -0.25) is 0 Å². The average Bonchev–Trinajstić information content (AvgIpc) is 3.21. The summed E-state index contributed by atoms with van der Waals surface area (Å²) >= 11 is 0. The average molecular weight is 675 g/mol. The van der Waals surface area contributed by atoms with Gasteiger partial charge in [-0.05, 0) is 109 Å². The van der Waals surface area contributed by atoms with Crippen molar-refractivity contribution in [3.8, 4) is 22.3 Å². The van der Waals surface area contributed by atoms with E-state index in [0.717, 1.165) is 12.8 Å². The van der Waals surface area contributed by atoms with Crippen molar-refractivity contribution in [1.82, 2.24) is 0 Å². The molecule has 1 heteroatoms. The third-order valence-corrected chi connectivity index (χ3v) is 11.7. The summed E-state index contributed by atoms with van der Waals surface area (Å²) in [4.78, 5) is 0. The highest BCUT2D eigenvalue weighted by atomic mass is 14.2. The molecule has 0 bridgehead atoms. The van der Waals surface area contributed by atoms with Crippen LogP contribution in [0.15, 0.2) is 170 Å². The predicted molar refractivity (Wildman–Crippen MR) is 232 cm³/mol. The van der Waals surface area contributed by atoms with E-state index in [1.54, 1.807) is 0 Å². The molecule has 0 saturated carbocycles. The van der Waals surface area contributed by atoms with Crippen LogP contribution >= 0.6 is 0 Å². The van der Waals surface area contributed by atoms with Gasteiger partial charge in [0, 0.05) is 0 Å². The van der Waals surface area contributed by atoms with E-state index in [9.17, 15) is 0 Å². The Bertz CT molecular complexity index is 2870. The zero-order valence-corrected chi connectivity index (χ0v) is 30.2. The fraction of sp³-hybridized carbons (Fsp3) is 0.0769. The predicted octanol–water partition coefficient (Wildman–Crippen LogP) is 11.7. The third-order valence-electron chi connectivity index (χ3n) is 11.7. The lowest BCUT2D eigenvalue weighted by molar-refractivity contribution is 0.987. The van der Waals surface area contributed by atoms with Gasteiger partial charge in [-0.15, -0.1) is 0 Å². The second kappa shape index (κ2) is 12.8. The minimum atomic E-state index is 0.0631. The summed E-state index contributed by atoms with van der Waals surface area (Å²) in [5, 5.41) is 10.3. The molecule has 10 rings (SSSR count). The van der Waals surface area contributed by atoms with Crippen molar-refractivity contribution < 1.29 is 0 Å². The van der Waals surface area contributed by atoms with Crippen LogP contribution in [0.2, 0.25) is 0 Å². The lowest BCUT2D eigenvalue weighted by Gasteiger charge is -2.26. The Morgan fingerprint density at radius 1 is 0.434 bits per heavy atom. The smallest absolute Gasteiger partial charge is 0.0836 e. The highest BCUT2D eigenvalue weighted by Crippen LogP contribution is 2.44. The van der Waals surface area contributed by atoms with E-state index in [1.165, 1.54) is 104 Å². The molecule has 0 aromatic heterocycles. The summed E-state index contributed by atoms with van der Waals surface area (Å²) in [5.41, 5.74) is 14.8. The first-order chi connectivity index (χ1) is 26.1. The first-order valence-electron chi connectivity index (χ1n) is 18.9. The molecular formula is C52H39B. The summed E-state index contributed by atoms with van der Waals surface area (Å²) < 4.78 is 0. The molecule has 9 aromatic rings. The van der Waals surface area contributed by atoms with Crippen LogP contribution in [0.3, 0.4) is 0 Å².